The molecule has 1 saturated heterocycles. The van der Waals surface area contributed by atoms with Gasteiger partial charge < -0.3 is 15.5 Å². The van der Waals surface area contributed by atoms with Crippen molar-refractivity contribution in [1.82, 2.24) is 15.5 Å². The Balaban J connectivity index is 2.17. The van der Waals surface area contributed by atoms with Crippen molar-refractivity contribution in [2.75, 3.05) is 19.6 Å². The molecule has 1 fully saturated rings. The smallest absolute Gasteiger partial charge is 0.225 e. The Hall–Kier alpha value is -1.10. The summed E-state index contributed by atoms with van der Waals surface area (Å²) < 4.78 is 0. The monoisotopic (exact) mass is 297 g/mol. The van der Waals surface area contributed by atoms with Crippen molar-refractivity contribution in [3.8, 4) is 0 Å². The lowest BCUT2D eigenvalue weighted by Gasteiger charge is -2.33. The summed E-state index contributed by atoms with van der Waals surface area (Å²) in [6.07, 6.45) is 3.18. The number of hydrogen-bond acceptors (Lipinski definition) is 3. The van der Waals surface area contributed by atoms with Crippen molar-refractivity contribution < 1.29 is 9.59 Å². The van der Waals surface area contributed by atoms with E-state index in [2.05, 4.69) is 24.5 Å². The fourth-order valence-corrected chi connectivity index (χ4v) is 2.55. The first kappa shape index (κ1) is 18.0. The fraction of sp³-hybridized carbons (Fsp3) is 0.875. The van der Waals surface area contributed by atoms with E-state index in [9.17, 15) is 9.59 Å². The molecule has 1 aliphatic rings. The molecule has 122 valence electrons. The molecule has 0 spiro atoms. The number of rotatable bonds is 7. The summed E-state index contributed by atoms with van der Waals surface area (Å²) in [7, 11) is 0. The van der Waals surface area contributed by atoms with Crippen LogP contribution in [0.25, 0.3) is 0 Å². The first-order valence-electron chi connectivity index (χ1n) is 8.21. The third kappa shape index (κ3) is 6.93. The van der Waals surface area contributed by atoms with Crippen molar-refractivity contribution in [3.05, 3.63) is 0 Å². The predicted molar refractivity (Wildman–Crippen MR) is 85.0 cm³/mol. The maximum absolute atomic E-state index is 11.9. The first-order chi connectivity index (χ1) is 9.90. The lowest BCUT2D eigenvalue weighted by molar-refractivity contribution is -0.135. The Morgan fingerprint density at radius 2 is 1.76 bits per heavy atom. The van der Waals surface area contributed by atoms with Crippen LogP contribution in [0.5, 0.6) is 0 Å². The zero-order valence-electron chi connectivity index (χ0n) is 13.9. The predicted octanol–water partition coefficient (Wildman–Crippen LogP) is 1.53. The SMILES string of the molecule is CC(C)NCCCC(=O)NC1CCN(C(=O)C(C)C)CC1. The minimum Gasteiger partial charge on any atom is -0.353 e. The summed E-state index contributed by atoms with van der Waals surface area (Å²) in [5, 5.41) is 6.40. The highest BCUT2D eigenvalue weighted by Crippen LogP contribution is 2.13. The van der Waals surface area contributed by atoms with Crippen LogP contribution in [0.2, 0.25) is 0 Å². The zero-order chi connectivity index (χ0) is 15.8. The van der Waals surface area contributed by atoms with E-state index in [1.807, 2.05) is 18.7 Å². The summed E-state index contributed by atoms with van der Waals surface area (Å²) in [4.78, 5) is 25.7. The highest BCUT2D eigenvalue weighted by atomic mass is 16.2. The van der Waals surface area contributed by atoms with Gasteiger partial charge in [-0.1, -0.05) is 27.7 Å². The minimum atomic E-state index is 0.0598. The molecule has 5 nitrogen and oxygen atoms in total. The van der Waals surface area contributed by atoms with Crippen LogP contribution in [0.3, 0.4) is 0 Å². The summed E-state index contributed by atoms with van der Waals surface area (Å²) >= 11 is 0. The molecule has 0 aromatic heterocycles. The van der Waals surface area contributed by atoms with Gasteiger partial charge in [0.25, 0.3) is 0 Å². The molecule has 5 heteroatoms. The number of likely N-dealkylation sites (tertiary alicyclic amines) is 1. The van der Waals surface area contributed by atoms with Gasteiger partial charge in [-0.3, -0.25) is 9.59 Å². The average Bonchev–Trinajstić information content (AvgIpc) is 2.43. The van der Waals surface area contributed by atoms with Crippen LogP contribution in [0.1, 0.15) is 53.4 Å². The fourth-order valence-electron chi connectivity index (χ4n) is 2.55. The summed E-state index contributed by atoms with van der Waals surface area (Å²) in [5.41, 5.74) is 0. The summed E-state index contributed by atoms with van der Waals surface area (Å²) in [5.74, 6) is 0.415. The van der Waals surface area contributed by atoms with Gasteiger partial charge in [-0.2, -0.15) is 0 Å². The van der Waals surface area contributed by atoms with Gasteiger partial charge in [0.1, 0.15) is 0 Å². The van der Waals surface area contributed by atoms with Crippen molar-refractivity contribution in [3.63, 3.8) is 0 Å². The van der Waals surface area contributed by atoms with Crippen LogP contribution in [0.15, 0.2) is 0 Å². The van der Waals surface area contributed by atoms with E-state index in [1.54, 1.807) is 0 Å². The van der Waals surface area contributed by atoms with Gasteiger partial charge in [0, 0.05) is 37.5 Å². The second-order valence-corrected chi connectivity index (χ2v) is 6.53. The third-order valence-electron chi connectivity index (χ3n) is 3.80. The van der Waals surface area contributed by atoms with Crippen molar-refractivity contribution in [2.24, 2.45) is 5.92 Å². The van der Waals surface area contributed by atoms with E-state index in [0.717, 1.165) is 38.9 Å². The molecule has 0 bridgehead atoms. The maximum atomic E-state index is 11.9. The lowest BCUT2D eigenvalue weighted by atomic mass is 10.0. The van der Waals surface area contributed by atoms with Crippen molar-refractivity contribution in [1.29, 1.82) is 0 Å². The number of nitrogens with zero attached hydrogens (tertiary/aromatic N) is 1. The molecule has 0 aliphatic carbocycles. The Morgan fingerprint density at radius 3 is 2.29 bits per heavy atom. The van der Waals surface area contributed by atoms with E-state index in [1.165, 1.54) is 0 Å². The zero-order valence-corrected chi connectivity index (χ0v) is 13.9. The number of amides is 2. The van der Waals surface area contributed by atoms with Crippen LogP contribution in [0, 0.1) is 5.92 Å². The van der Waals surface area contributed by atoms with E-state index >= 15 is 0 Å². The molecule has 2 N–H and O–H groups in total. The molecule has 21 heavy (non-hydrogen) atoms. The molecule has 1 rings (SSSR count). The molecule has 2 amide bonds. The highest BCUT2D eigenvalue weighted by molar-refractivity contribution is 5.78. The number of piperidine rings is 1. The van der Waals surface area contributed by atoms with E-state index < -0.39 is 0 Å². The average molecular weight is 297 g/mol. The Labute approximate surface area is 128 Å². The number of hydrogen-bond donors (Lipinski definition) is 2. The molecule has 0 aromatic carbocycles. The van der Waals surface area contributed by atoms with Gasteiger partial charge in [0.2, 0.25) is 11.8 Å². The molecule has 0 saturated carbocycles. The van der Waals surface area contributed by atoms with Crippen LogP contribution >= 0.6 is 0 Å². The molecule has 1 aliphatic heterocycles. The molecular weight excluding hydrogens is 266 g/mol. The third-order valence-corrected chi connectivity index (χ3v) is 3.80. The number of nitrogens with one attached hydrogen (secondary N) is 2. The Bertz CT molecular complexity index is 334. The van der Waals surface area contributed by atoms with Gasteiger partial charge >= 0.3 is 0 Å². The van der Waals surface area contributed by atoms with Crippen LogP contribution < -0.4 is 10.6 Å². The van der Waals surface area contributed by atoms with Gasteiger partial charge in [-0.15, -0.1) is 0 Å². The van der Waals surface area contributed by atoms with Crippen molar-refractivity contribution in [2.45, 2.75) is 65.5 Å². The van der Waals surface area contributed by atoms with E-state index in [0.29, 0.717) is 12.5 Å². The summed E-state index contributed by atoms with van der Waals surface area (Å²) in [6.45, 7) is 10.5. The molecule has 0 aromatic rings. The van der Waals surface area contributed by atoms with Crippen molar-refractivity contribution >= 4 is 11.8 Å². The largest absolute Gasteiger partial charge is 0.353 e. The van der Waals surface area contributed by atoms with Crippen LogP contribution in [-0.2, 0) is 9.59 Å². The Morgan fingerprint density at radius 1 is 1.14 bits per heavy atom. The highest BCUT2D eigenvalue weighted by Gasteiger charge is 2.24. The quantitative estimate of drug-likeness (QED) is 0.701. The number of carbonyl (C=O) groups excluding carboxylic acids is 2. The minimum absolute atomic E-state index is 0.0598. The molecule has 0 unspecified atom stereocenters. The summed E-state index contributed by atoms with van der Waals surface area (Å²) in [6, 6.07) is 0.697. The normalized spacial score (nSPS) is 16.6. The first-order valence-corrected chi connectivity index (χ1v) is 8.21. The van der Waals surface area contributed by atoms with Crippen LogP contribution in [0.4, 0.5) is 0 Å². The molecule has 0 atom stereocenters. The lowest BCUT2D eigenvalue weighted by Crippen LogP contribution is -2.47. The molecule has 0 radical (unpaired) electrons. The van der Waals surface area contributed by atoms with Gasteiger partial charge in [-0.05, 0) is 25.8 Å². The second-order valence-electron chi connectivity index (χ2n) is 6.53. The maximum Gasteiger partial charge on any atom is 0.225 e. The van der Waals surface area contributed by atoms with Gasteiger partial charge in [0.15, 0.2) is 0 Å². The second kappa shape index (κ2) is 9.03. The van der Waals surface area contributed by atoms with Crippen LogP contribution in [-0.4, -0.2) is 48.4 Å². The molecule has 1 heterocycles. The topological polar surface area (TPSA) is 61.4 Å². The number of carbonyl (C=O) groups is 2. The van der Waals surface area contributed by atoms with E-state index in [4.69, 9.17) is 0 Å². The van der Waals surface area contributed by atoms with Gasteiger partial charge in [-0.25, -0.2) is 0 Å². The van der Waals surface area contributed by atoms with Gasteiger partial charge in [0.05, 0.1) is 0 Å². The molecular formula is C16H31N3O2. The standard InChI is InChI=1S/C16H31N3O2/c1-12(2)16(21)19-10-7-14(8-11-19)18-15(20)6-5-9-17-13(3)4/h12-14,17H,5-11H2,1-4H3,(H,18,20). The van der Waals surface area contributed by atoms with E-state index in [-0.39, 0.29) is 23.8 Å². The Kier molecular flexibility index (Phi) is 7.72.